The summed E-state index contributed by atoms with van der Waals surface area (Å²) in [4.78, 5) is 49.1. The molecule has 4 amide bonds. The van der Waals surface area contributed by atoms with Crippen LogP contribution in [-0.4, -0.2) is 81.7 Å². The molecule has 234 valence electrons. The van der Waals surface area contributed by atoms with Crippen molar-refractivity contribution in [2.45, 2.75) is 38.3 Å². The van der Waals surface area contributed by atoms with Gasteiger partial charge in [0.25, 0.3) is 0 Å². The third-order valence-corrected chi connectivity index (χ3v) is 9.08. The number of amides is 4. The minimum Gasteiger partial charge on any atom is -0.481 e. The van der Waals surface area contributed by atoms with Gasteiger partial charge >= 0.3 is 18.0 Å². The average molecular weight is 632 g/mol. The van der Waals surface area contributed by atoms with Crippen LogP contribution in [-0.2, 0) is 17.8 Å². The molecule has 4 heterocycles. The Kier molecular flexibility index (Phi) is 9.17. The van der Waals surface area contributed by atoms with Crippen LogP contribution in [0.2, 0.25) is 0 Å². The number of nitrogens with zero attached hydrogens (tertiary/aromatic N) is 4. The number of carbonyl (C=O) groups is 3. The van der Waals surface area contributed by atoms with E-state index >= 15 is 4.39 Å². The fourth-order valence-corrected chi connectivity index (χ4v) is 6.33. The molecule has 2 fully saturated rings. The van der Waals surface area contributed by atoms with Gasteiger partial charge in [0, 0.05) is 69.8 Å². The Hall–Kier alpha value is -4.62. The van der Waals surface area contributed by atoms with Gasteiger partial charge in [-0.15, -0.1) is 11.3 Å². The molecule has 11 nitrogen and oxygen atoms in total. The molecule has 3 aromatic heterocycles. The smallest absolute Gasteiger partial charge is 0.319 e. The second-order valence-corrected chi connectivity index (χ2v) is 12.4. The number of hydrogen-bond acceptors (Lipinski definition) is 7. The Balaban J connectivity index is 1.05. The van der Waals surface area contributed by atoms with E-state index in [2.05, 4.69) is 31.9 Å². The third-order valence-electron chi connectivity index (χ3n) is 7.86. The summed E-state index contributed by atoms with van der Waals surface area (Å²) in [5, 5.41) is 16.9. The number of hydrogen-bond donors (Lipinski definition) is 4. The fraction of sp³-hybridized carbons (Fsp3) is 0.344. The highest BCUT2D eigenvalue weighted by atomic mass is 32.1. The summed E-state index contributed by atoms with van der Waals surface area (Å²) in [5.74, 6) is -1.31. The van der Waals surface area contributed by atoms with Crippen LogP contribution in [0.5, 0.6) is 0 Å². The predicted molar refractivity (Wildman–Crippen MR) is 170 cm³/mol. The summed E-state index contributed by atoms with van der Waals surface area (Å²) < 4.78 is 16.0. The van der Waals surface area contributed by atoms with Crippen molar-refractivity contribution in [2.24, 2.45) is 0 Å². The Morgan fingerprint density at radius 3 is 2.53 bits per heavy atom. The maximum Gasteiger partial charge on any atom is 0.319 e. The van der Waals surface area contributed by atoms with Crippen molar-refractivity contribution in [1.82, 2.24) is 30.4 Å². The van der Waals surface area contributed by atoms with Crippen LogP contribution in [0.15, 0.2) is 54.9 Å². The molecule has 4 aromatic rings. The highest BCUT2D eigenvalue weighted by Gasteiger charge is 2.24. The van der Waals surface area contributed by atoms with Gasteiger partial charge in [-0.25, -0.2) is 14.0 Å². The highest BCUT2D eigenvalue weighted by molar-refractivity contribution is 7.22. The van der Waals surface area contributed by atoms with Gasteiger partial charge in [0.2, 0.25) is 0 Å². The van der Waals surface area contributed by atoms with Crippen molar-refractivity contribution in [3.8, 4) is 10.6 Å². The van der Waals surface area contributed by atoms with E-state index in [4.69, 9.17) is 10.1 Å². The van der Waals surface area contributed by atoms with E-state index in [1.807, 2.05) is 24.4 Å². The molecule has 45 heavy (non-hydrogen) atoms. The number of anilines is 1. The van der Waals surface area contributed by atoms with E-state index in [1.165, 1.54) is 6.07 Å². The number of carboxylic acid groups (broad SMARTS) is 1. The Bertz CT molecular complexity index is 1700. The SMILES string of the molecule is O=C(O)CCNC(=O)N1CCN(Cc2ccc(-c3cc4nccc(Cc5ccc(NC(=O)NC6CC6)cc5F)c4s3)nc2)CC1. The molecule has 1 aliphatic heterocycles. The van der Waals surface area contributed by atoms with Crippen LogP contribution in [0.4, 0.5) is 19.7 Å². The quantitative estimate of drug-likeness (QED) is 0.199. The number of thiophene rings is 1. The standard InChI is InChI=1S/C32H34FN7O4S/c33-25-16-24(38-31(43)37-23-4-5-23)3-2-21(25)15-22-7-9-34-27-17-28(45-30(22)27)26-6-1-20(18-36-26)19-39-11-13-40(14-12-39)32(44)35-10-8-29(41)42/h1-3,6-7,9,16-18,23H,4-5,8,10-15,19H2,(H,35,44)(H,41,42)(H2,37,38,43). The van der Waals surface area contributed by atoms with Gasteiger partial charge in [0.15, 0.2) is 0 Å². The van der Waals surface area contributed by atoms with Crippen LogP contribution in [0.3, 0.4) is 0 Å². The van der Waals surface area contributed by atoms with Gasteiger partial charge in [-0.05, 0) is 59.9 Å². The van der Waals surface area contributed by atoms with E-state index < -0.39 is 5.97 Å². The zero-order valence-corrected chi connectivity index (χ0v) is 25.4. The third kappa shape index (κ3) is 7.91. The minimum absolute atomic E-state index is 0.0934. The van der Waals surface area contributed by atoms with Crippen molar-refractivity contribution in [2.75, 3.05) is 38.0 Å². The molecule has 4 N–H and O–H groups in total. The molecule has 1 saturated heterocycles. The lowest BCUT2D eigenvalue weighted by Gasteiger charge is -2.34. The number of benzene rings is 1. The highest BCUT2D eigenvalue weighted by Crippen LogP contribution is 2.35. The molecule has 0 atom stereocenters. The largest absolute Gasteiger partial charge is 0.481 e. The molecule has 1 aliphatic carbocycles. The second-order valence-electron chi connectivity index (χ2n) is 11.3. The van der Waals surface area contributed by atoms with Crippen LogP contribution in [0.25, 0.3) is 20.8 Å². The Morgan fingerprint density at radius 1 is 1.00 bits per heavy atom. The van der Waals surface area contributed by atoms with Crippen LogP contribution in [0.1, 0.15) is 36.0 Å². The molecule has 1 aromatic carbocycles. The maximum atomic E-state index is 15.0. The first-order chi connectivity index (χ1) is 21.8. The van der Waals surface area contributed by atoms with Crippen LogP contribution >= 0.6 is 11.3 Å². The number of carbonyl (C=O) groups excluding carboxylic acids is 2. The number of halogens is 1. The molecular weight excluding hydrogens is 597 g/mol. The average Bonchev–Trinajstić information content (AvgIpc) is 3.72. The van der Waals surface area contributed by atoms with Crippen molar-refractivity contribution in [3.05, 3.63) is 77.4 Å². The molecule has 1 saturated carbocycles. The fourth-order valence-electron chi connectivity index (χ4n) is 5.23. The summed E-state index contributed by atoms with van der Waals surface area (Å²) in [5.41, 5.74) is 4.65. The maximum absolute atomic E-state index is 15.0. The lowest BCUT2D eigenvalue weighted by molar-refractivity contribution is -0.136. The Labute approximate surface area is 263 Å². The normalized spacial score (nSPS) is 15.2. The van der Waals surface area contributed by atoms with Gasteiger partial charge in [0.1, 0.15) is 5.82 Å². The first-order valence-corrected chi connectivity index (χ1v) is 15.8. The number of piperazine rings is 1. The lowest BCUT2D eigenvalue weighted by atomic mass is 10.0. The summed E-state index contributed by atoms with van der Waals surface area (Å²) in [6.45, 7) is 3.41. The number of aromatic nitrogens is 2. The zero-order chi connectivity index (χ0) is 31.3. The van der Waals surface area contributed by atoms with Crippen LogP contribution in [0, 0.1) is 5.82 Å². The molecule has 0 radical (unpaired) electrons. The van der Waals surface area contributed by atoms with Gasteiger partial charge < -0.3 is 26.0 Å². The number of fused-ring (bicyclic) bond motifs is 1. The monoisotopic (exact) mass is 631 g/mol. The number of nitrogens with one attached hydrogen (secondary N) is 3. The summed E-state index contributed by atoms with van der Waals surface area (Å²) in [6, 6.07) is 12.4. The van der Waals surface area contributed by atoms with E-state index in [0.717, 1.165) is 44.8 Å². The van der Waals surface area contributed by atoms with Gasteiger partial charge in [-0.3, -0.25) is 19.7 Å². The molecule has 0 unspecified atom stereocenters. The van der Waals surface area contributed by atoms with E-state index in [9.17, 15) is 14.4 Å². The van der Waals surface area contributed by atoms with E-state index in [0.29, 0.717) is 50.4 Å². The van der Waals surface area contributed by atoms with Gasteiger partial charge in [0.05, 0.1) is 27.2 Å². The Morgan fingerprint density at radius 2 is 1.82 bits per heavy atom. The van der Waals surface area contributed by atoms with Crippen molar-refractivity contribution >= 4 is 45.3 Å². The van der Waals surface area contributed by atoms with Crippen molar-refractivity contribution < 1.29 is 23.9 Å². The molecule has 6 rings (SSSR count). The van der Waals surface area contributed by atoms with E-state index in [1.54, 1.807) is 34.6 Å². The summed E-state index contributed by atoms with van der Waals surface area (Å²) >= 11 is 1.58. The summed E-state index contributed by atoms with van der Waals surface area (Å²) in [7, 11) is 0. The van der Waals surface area contributed by atoms with Gasteiger partial charge in [-0.2, -0.15) is 0 Å². The number of rotatable bonds is 10. The summed E-state index contributed by atoms with van der Waals surface area (Å²) in [6.07, 6.45) is 5.87. The zero-order valence-electron chi connectivity index (χ0n) is 24.6. The molecule has 13 heteroatoms. The first-order valence-electron chi connectivity index (χ1n) is 15.0. The van der Waals surface area contributed by atoms with Crippen LogP contribution < -0.4 is 16.0 Å². The number of aliphatic carboxylic acids is 1. The minimum atomic E-state index is -0.937. The number of pyridine rings is 2. The molecule has 2 aliphatic rings. The topological polar surface area (TPSA) is 140 Å². The number of carboxylic acids is 1. The van der Waals surface area contributed by atoms with Gasteiger partial charge in [-0.1, -0.05) is 12.1 Å². The number of urea groups is 2. The molecular formula is C32H34FN7O4S. The predicted octanol–water partition coefficient (Wildman–Crippen LogP) is 4.67. The van der Waals surface area contributed by atoms with E-state index in [-0.39, 0.29) is 36.9 Å². The van der Waals surface area contributed by atoms with Crippen molar-refractivity contribution in [3.63, 3.8) is 0 Å². The second kappa shape index (κ2) is 13.6. The van der Waals surface area contributed by atoms with Crippen molar-refractivity contribution in [1.29, 1.82) is 0 Å². The molecule has 0 spiro atoms. The first kappa shape index (κ1) is 30.4. The molecule has 0 bridgehead atoms. The lowest BCUT2D eigenvalue weighted by Crippen LogP contribution is -2.51.